The molecule has 120 valence electrons. The van der Waals surface area contributed by atoms with Crippen molar-refractivity contribution in [2.24, 2.45) is 0 Å². The highest BCUT2D eigenvalue weighted by molar-refractivity contribution is 7.07. The third kappa shape index (κ3) is 3.94. The quantitative estimate of drug-likeness (QED) is 0.685. The summed E-state index contributed by atoms with van der Waals surface area (Å²) >= 11 is 1.42. The molecule has 2 atom stereocenters. The van der Waals surface area contributed by atoms with Crippen LogP contribution in [0.4, 0.5) is 5.82 Å². The lowest BCUT2D eigenvalue weighted by Crippen LogP contribution is -2.50. The van der Waals surface area contributed by atoms with Crippen LogP contribution in [-0.4, -0.2) is 57.9 Å². The summed E-state index contributed by atoms with van der Waals surface area (Å²) < 4.78 is 0. The third-order valence-electron chi connectivity index (χ3n) is 3.42. The Bertz CT molecular complexity index is 548. The minimum atomic E-state index is -1.11. The fourth-order valence-corrected chi connectivity index (χ4v) is 2.89. The first kappa shape index (κ1) is 16.2. The van der Waals surface area contributed by atoms with E-state index in [2.05, 4.69) is 15.6 Å². The van der Waals surface area contributed by atoms with E-state index in [1.54, 1.807) is 17.8 Å². The molecular weight excluding hydrogens is 308 g/mol. The van der Waals surface area contributed by atoms with Gasteiger partial charge < -0.3 is 20.6 Å². The molecule has 2 rings (SSSR count). The molecule has 2 amide bonds. The second-order valence-electron chi connectivity index (χ2n) is 5.04. The molecule has 1 aliphatic rings. The molecule has 3 N–H and O–H groups in total. The number of aliphatic carboxylic acids is 1. The van der Waals surface area contributed by atoms with Crippen molar-refractivity contribution in [2.45, 2.75) is 31.8 Å². The number of amides is 2. The molecule has 22 heavy (non-hydrogen) atoms. The maximum Gasteiger partial charge on any atom is 0.322 e. The first-order valence-electron chi connectivity index (χ1n) is 6.93. The van der Waals surface area contributed by atoms with Gasteiger partial charge in [0.15, 0.2) is 0 Å². The van der Waals surface area contributed by atoms with E-state index in [4.69, 9.17) is 5.11 Å². The highest BCUT2D eigenvalue weighted by Gasteiger charge is 2.36. The standard InChI is InChI=1S/C13H18N4O4S/c1-8(16-10-6-22-7-15-10)13(21)17-4-2-3-9(17)12(20)14-5-11(18)19/h6-9,16H,2-5H2,1H3,(H,14,20)(H,18,19)/t8-,9-/m0/s1. The van der Waals surface area contributed by atoms with Crippen LogP contribution in [0.3, 0.4) is 0 Å². The van der Waals surface area contributed by atoms with Crippen LogP contribution in [0, 0.1) is 0 Å². The number of anilines is 1. The van der Waals surface area contributed by atoms with E-state index < -0.39 is 30.5 Å². The van der Waals surface area contributed by atoms with Crippen molar-refractivity contribution in [2.75, 3.05) is 18.4 Å². The molecule has 2 heterocycles. The lowest BCUT2D eigenvalue weighted by molar-refractivity contribution is -0.141. The zero-order valence-electron chi connectivity index (χ0n) is 12.1. The summed E-state index contributed by atoms with van der Waals surface area (Å²) in [5.41, 5.74) is 1.66. The van der Waals surface area contributed by atoms with E-state index in [9.17, 15) is 14.4 Å². The van der Waals surface area contributed by atoms with Crippen LogP contribution in [0.25, 0.3) is 0 Å². The highest BCUT2D eigenvalue weighted by atomic mass is 32.1. The molecule has 0 unspecified atom stereocenters. The summed E-state index contributed by atoms with van der Waals surface area (Å²) in [6.45, 7) is 1.77. The normalized spacial score (nSPS) is 18.8. The molecule has 0 saturated carbocycles. The van der Waals surface area contributed by atoms with Gasteiger partial charge in [0.1, 0.15) is 24.4 Å². The molecule has 1 aliphatic heterocycles. The Hall–Kier alpha value is -2.16. The fourth-order valence-electron chi connectivity index (χ4n) is 2.40. The lowest BCUT2D eigenvalue weighted by Gasteiger charge is -2.27. The van der Waals surface area contributed by atoms with E-state index in [1.165, 1.54) is 16.2 Å². The van der Waals surface area contributed by atoms with E-state index in [0.717, 1.165) is 6.42 Å². The molecule has 0 spiro atoms. The first-order valence-corrected chi connectivity index (χ1v) is 7.88. The summed E-state index contributed by atoms with van der Waals surface area (Å²) in [5.74, 6) is -1.10. The van der Waals surface area contributed by atoms with Crippen molar-refractivity contribution in [3.63, 3.8) is 0 Å². The first-order chi connectivity index (χ1) is 10.5. The number of hydrogen-bond donors (Lipinski definition) is 3. The summed E-state index contributed by atoms with van der Waals surface area (Å²) in [5, 5.41) is 15.7. The number of carbonyl (C=O) groups is 3. The number of likely N-dealkylation sites (tertiary alicyclic amines) is 1. The van der Waals surface area contributed by atoms with Gasteiger partial charge >= 0.3 is 5.97 Å². The van der Waals surface area contributed by atoms with E-state index >= 15 is 0 Å². The average molecular weight is 326 g/mol. The Morgan fingerprint density at radius 3 is 2.95 bits per heavy atom. The number of rotatable bonds is 6. The van der Waals surface area contributed by atoms with Crippen LogP contribution >= 0.6 is 11.3 Å². The van der Waals surface area contributed by atoms with Gasteiger partial charge in [-0.25, -0.2) is 4.98 Å². The molecule has 0 aliphatic carbocycles. The monoisotopic (exact) mass is 326 g/mol. The number of aromatic nitrogens is 1. The van der Waals surface area contributed by atoms with E-state index in [-0.39, 0.29) is 5.91 Å². The Balaban J connectivity index is 1.95. The fraction of sp³-hybridized carbons (Fsp3) is 0.538. The van der Waals surface area contributed by atoms with Gasteiger partial charge in [-0.05, 0) is 19.8 Å². The van der Waals surface area contributed by atoms with Gasteiger partial charge in [0, 0.05) is 11.9 Å². The van der Waals surface area contributed by atoms with Gasteiger partial charge in [-0.2, -0.15) is 0 Å². The predicted octanol–water partition coefficient (Wildman–Crippen LogP) is 0.135. The summed E-state index contributed by atoms with van der Waals surface area (Å²) in [6, 6.07) is -1.11. The minimum Gasteiger partial charge on any atom is -0.480 e. The minimum absolute atomic E-state index is 0.194. The van der Waals surface area contributed by atoms with Crippen molar-refractivity contribution < 1.29 is 19.5 Å². The molecule has 1 saturated heterocycles. The van der Waals surface area contributed by atoms with E-state index in [0.29, 0.717) is 18.8 Å². The average Bonchev–Trinajstić information content (AvgIpc) is 3.14. The second-order valence-corrected chi connectivity index (χ2v) is 5.76. The molecule has 0 radical (unpaired) electrons. The third-order valence-corrected chi connectivity index (χ3v) is 4.01. The number of thiazole rings is 1. The molecular formula is C13H18N4O4S. The molecule has 9 heteroatoms. The van der Waals surface area contributed by atoms with Crippen LogP contribution in [0.2, 0.25) is 0 Å². The van der Waals surface area contributed by atoms with Gasteiger partial charge in [0.2, 0.25) is 11.8 Å². The smallest absolute Gasteiger partial charge is 0.322 e. The maximum absolute atomic E-state index is 12.5. The Labute approximate surface area is 131 Å². The highest BCUT2D eigenvalue weighted by Crippen LogP contribution is 2.19. The summed E-state index contributed by atoms with van der Waals surface area (Å²) in [4.78, 5) is 40.5. The number of hydrogen-bond acceptors (Lipinski definition) is 6. The zero-order chi connectivity index (χ0) is 16.1. The number of carbonyl (C=O) groups excluding carboxylic acids is 2. The summed E-state index contributed by atoms with van der Waals surface area (Å²) in [6.07, 6.45) is 1.26. The van der Waals surface area contributed by atoms with Crippen LogP contribution in [0.15, 0.2) is 10.9 Å². The number of nitrogens with zero attached hydrogens (tertiary/aromatic N) is 2. The van der Waals surface area contributed by atoms with Crippen molar-refractivity contribution in [1.82, 2.24) is 15.2 Å². The van der Waals surface area contributed by atoms with E-state index in [1.807, 2.05) is 0 Å². The van der Waals surface area contributed by atoms with Crippen LogP contribution in [0.5, 0.6) is 0 Å². The van der Waals surface area contributed by atoms with Gasteiger partial charge in [0.05, 0.1) is 5.51 Å². The van der Waals surface area contributed by atoms with Gasteiger partial charge in [-0.15, -0.1) is 11.3 Å². The molecule has 1 aromatic rings. The molecule has 8 nitrogen and oxygen atoms in total. The Morgan fingerprint density at radius 1 is 1.55 bits per heavy atom. The molecule has 0 aromatic carbocycles. The number of carboxylic acids is 1. The van der Waals surface area contributed by atoms with Crippen LogP contribution < -0.4 is 10.6 Å². The lowest BCUT2D eigenvalue weighted by atomic mass is 10.2. The van der Waals surface area contributed by atoms with Crippen molar-refractivity contribution in [1.29, 1.82) is 0 Å². The number of carboxylic acid groups (broad SMARTS) is 1. The largest absolute Gasteiger partial charge is 0.480 e. The molecule has 1 aromatic heterocycles. The SMILES string of the molecule is C[C@H](Nc1cscn1)C(=O)N1CCC[C@H]1C(=O)NCC(=O)O. The van der Waals surface area contributed by atoms with Gasteiger partial charge in [0.25, 0.3) is 0 Å². The zero-order valence-corrected chi connectivity index (χ0v) is 12.9. The second kappa shape index (κ2) is 7.21. The molecule has 1 fully saturated rings. The van der Waals surface area contributed by atoms with Crippen molar-refractivity contribution >= 4 is 34.9 Å². The van der Waals surface area contributed by atoms with Crippen molar-refractivity contribution in [3.05, 3.63) is 10.9 Å². The topological polar surface area (TPSA) is 112 Å². The van der Waals surface area contributed by atoms with Crippen LogP contribution in [-0.2, 0) is 14.4 Å². The summed E-state index contributed by atoms with van der Waals surface area (Å²) in [7, 11) is 0. The van der Waals surface area contributed by atoms with Gasteiger partial charge in [-0.1, -0.05) is 0 Å². The molecule has 0 bridgehead atoms. The maximum atomic E-state index is 12.5. The van der Waals surface area contributed by atoms with Crippen LogP contribution in [0.1, 0.15) is 19.8 Å². The Kier molecular flexibility index (Phi) is 5.31. The van der Waals surface area contributed by atoms with Crippen molar-refractivity contribution in [3.8, 4) is 0 Å². The number of nitrogens with one attached hydrogen (secondary N) is 2. The van der Waals surface area contributed by atoms with Gasteiger partial charge in [-0.3, -0.25) is 14.4 Å². The Morgan fingerprint density at radius 2 is 2.32 bits per heavy atom. The predicted molar refractivity (Wildman–Crippen MR) is 80.6 cm³/mol.